The summed E-state index contributed by atoms with van der Waals surface area (Å²) in [5.74, 6) is -1.68. The lowest BCUT2D eigenvalue weighted by molar-refractivity contribution is -0.137. The van der Waals surface area contributed by atoms with Crippen LogP contribution in [0.4, 0.5) is 4.39 Å². The van der Waals surface area contributed by atoms with Crippen LogP contribution in [0.2, 0.25) is 0 Å². The van der Waals surface area contributed by atoms with Crippen molar-refractivity contribution in [3.8, 4) is 0 Å². The van der Waals surface area contributed by atoms with Gasteiger partial charge < -0.3 is 9.84 Å². The van der Waals surface area contributed by atoms with Crippen molar-refractivity contribution in [3.05, 3.63) is 35.9 Å². The van der Waals surface area contributed by atoms with Crippen molar-refractivity contribution in [2.24, 2.45) is 0 Å². The Morgan fingerprint density at radius 1 is 1.29 bits per heavy atom. The number of ether oxygens (including phenoxy) is 1. The molecule has 1 unspecified atom stereocenters. The first-order valence-electron chi connectivity index (χ1n) is 5.17. The van der Waals surface area contributed by atoms with Crippen LogP contribution in [0.1, 0.15) is 23.2 Å². The highest BCUT2D eigenvalue weighted by atomic mass is 19.1. The van der Waals surface area contributed by atoms with Gasteiger partial charge in [-0.1, -0.05) is 18.2 Å². The Kier molecular flexibility index (Phi) is 5.13. The number of hydrogen-bond donors (Lipinski definition) is 1. The summed E-state index contributed by atoms with van der Waals surface area (Å²) in [6.45, 7) is -0.416. The van der Waals surface area contributed by atoms with Crippen LogP contribution in [0.25, 0.3) is 0 Å². The predicted octanol–water partition coefficient (Wildman–Crippen LogP) is 2.05. The molecule has 1 atom stereocenters. The van der Waals surface area contributed by atoms with Gasteiger partial charge in [0.05, 0.1) is 5.56 Å². The van der Waals surface area contributed by atoms with Gasteiger partial charge in [-0.3, -0.25) is 4.79 Å². The first kappa shape index (κ1) is 13.2. The maximum atomic E-state index is 13.1. The first-order valence-corrected chi connectivity index (χ1v) is 5.17. The minimum atomic E-state index is -1.45. The zero-order chi connectivity index (χ0) is 12.7. The Balaban J connectivity index is 2.31. The lowest BCUT2D eigenvalue weighted by Crippen LogP contribution is -2.16. The second-order valence-electron chi connectivity index (χ2n) is 3.49. The fraction of sp³-hybridized carbons (Fsp3) is 0.333. The van der Waals surface area contributed by atoms with Gasteiger partial charge in [-0.25, -0.2) is 9.18 Å². The number of carbonyl (C=O) groups excluding carboxylic acids is 1. The van der Waals surface area contributed by atoms with Gasteiger partial charge in [0.25, 0.3) is 0 Å². The van der Waals surface area contributed by atoms with Crippen LogP contribution in [-0.2, 0) is 9.53 Å². The Hall–Kier alpha value is -1.91. The average molecular weight is 240 g/mol. The average Bonchev–Trinajstić information content (AvgIpc) is 2.34. The van der Waals surface area contributed by atoms with E-state index in [1.807, 2.05) is 0 Å². The van der Waals surface area contributed by atoms with E-state index < -0.39 is 24.7 Å². The molecule has 0 aliphatic carbocycles. The zero-order valence-electron chi connectivity index (χ0n) is 9.14. The molecular formula is C12H13FO4. The summed E-state index contributed by atoms with van der Waals surface area (Å²) in [4.78, 5) is 21.6. The highest BCUT2D eigenvalue weighted by Crippen LogP contribution is 2.06. The number of aliphatic carboxylic acids is 1. The third kappa shape index (κ3) is 5.10. The molecular weight excluding hydrogens is 227 g/mol. The summed E-state index contributed by atoms with van der Waals surface area (Å²) in [6.07, 6.45) is -1.87. The van der Waals surface area contributed by atoms with Crippen molar-refractivity contribution in [2.45, 2.75) is 19.0 Å². The van der Waals surface area contributed by atoms with E-state index in [0.717, 1.165) is 0 Å². The zero-order valence-corrected chi connectivity index (χ0v) is 9.14. The Morgan fingerprint density at radius 2 is 1.94 bits per heavy atom. The Bertz CT molecular complexity index is 377. The van der Waals surface area contributed by atoms with E-state index in [-0.39, 0.29) is 12.8 Å². The van der Waals surface area contributed by atoms with Crippen molar-refractivity contribution in [1.82, 2.24) is 0 Å². The quantitative estimate of drug-likeness (QED) is 0.773. The van der Waals surface area contributed by atoms with E-state index in [9.17, 15) is 14.0 Å². The topological polar surface area (TPSA) is 63.6 Å². The molecule has 0 radical (unpaired) electrons. The minimum absolute atomic E-state index is 0.155. The van der Waals surface area contributed by atoms with E-state index in [2.05, 4.69) is 0 Å². The Morgan fingerprint density at radius 3 is 2.53 bits per heavy atom. The van der Waals surface area contributed by atoms with Crippen LogP contribution in [0.3, 0.4) is 0 Å². The fourth-order valence-electron chi connectivity index (χ4n) is 1.19. The maximum Gasteiger partial charge on any atom is 0.338 e. The number of esters is 1. The maximum absolute atomic E-state index is 13.1. The summed E-state index contributed by atoms with van der Waals surface area (Å²) < 4.78 is 17.8. The number of carboxylic acids is 1. The van der Waals surface area contributed by atoms with E-state index in [0.29, 0.717) is 5.56 Å². The highest BCUT2D eigenvalue weighted by molar-refractivity contribution is 5.89. The van der Waals surface area contributed by atoms with Gasteiger partial charge in [-0.15, -0.1) is 0 Å². The van der Waals surface area contributed by atoms with Crippen LogP contribution < -0.4 is 0 Å². The molecule has 0 fully saturated rings. The number of hydrogen-bond acceptors (Lipinski definition) is 3. The SMILES string of the molecule is O=C(O)CCC(F)COC(=O)c1ccccc1. The lowest BCUT2D eigenvalue weighted by Gasteiger charge is -2.08. The molecule has 0 aliphatic heterocycles. The van der Waals surface area contributed by atoms with Gasteiger partial charge in [0.2, 0.25) is 0 Å². The second-order valence-corrected chi connectivity index (χ2v) is 3.49. The van der Waals surface area contributed by atoms with E-state index >= 15 is 0 Å². The van der Waals surface area contributed by atoms with Gasteiger partial charge in [0.15, 0.2) is 0 Å². The van der Waals surface area contributed by atoms with E-state index in [1.54, 1.807) is 30.3 Å². The molecule has 0 heterocycles. The van der Waals surface area contributed by atoms with Gasteiger partial charge in [0, 0.05) is 6.42 Å². The normalized spacial score (nSPS) is 11.8. The molecule has 17 heavy (non-hydrogen) atoms. The van der Waals surface area contributed by atoms with Gasteiger partial charge >= 0.3 is 11.9 Å². The lowest BCUT2D eigenvalue weighted by atomic mass is 10.2. The molecule has 0 saturated carbocycles. The minimum Gasteiger partial charge on any atom is -0.481 e. The summed E-state index contributed by atoms with van der Waals surface area (Å²) in [5.41, 5.74) is 0.345. The molecule has 0 amide bonds. The standard InChI is InChI=1S/C12H13FO4/c13-10(6-7-11(14)15)8-17-12(16)9-4-2-1-3-5-9/h1-5,10H,6-8H2,(H,14,15). The van der Waals surface area contributed by atoms with Crippen molar-refractivity contribution in [2.75, 3.05) is 6.61 Å². The molecule has 0 aliphatic rings. The van der Waals surface area contributed by atoms with Crippen LogP contribution >= 0.6 is 0 Å². The predicted molar refractivity (Wildman–Crippen MR) is 58.5 cm³/mol. The largest absolute Gasteiger partial charge is 0.481 e. The van der Waals surface area contributed by atoms with Crippen molar-refractivity contribution >= 4 is 11.9 Å². The van der Waals surface area contributed by atoms with Gasteiger partial charge in [-0.2, -0.15) is 0 Å². The van der Waals surface area contributed by atoms with Crippen molar-refractivity contribution < 1.29 is 23.8 Å². The molecule has 5 heteroatoms. The molecule has 92 valence electrons. The van der Waals surface area contributed by atoms with Crippen LogP contribution in [0.5, 0.6) is 0 Å². The third-order valence-electron chi connectivity index (χ3n) is 2.08. The van der Waals surface area contributed by atoms with Crippen LogP contribution in [0, 0.1) is 0 Å². The fourth-order valence-corrected chi connectivity index (χ4v) is 1.19. The molecule has 4 nitrogen and oxygen atoms in total. The molecule has 1 aromatic rings. The molecule has 0 spiro atoms. The summed E-state index contributed by atoms with van der Waals surface area (Å²) >= 11 is 0. The molecule has 1 N–H and O–H groups in total. The number of alkyl halides is 1. The molecule has 0 bridgehead atoms. The first-order chi connectivity index (χ1) is 8.09. The third-order valence-corrected chi connectivity index (χ3v) is 2.08. The molecule has 1 rings (SSSR count). The summed E-state index contributed by atoms with van der Waals surface area (Å²) in [6, 6.07) is 8.23. The van der Waals surface area contributed by atoms with Crippen LogP contribution in [-0.4, -0.2) is 29.8 Å². The monoisotopic (exact) mass is 240 g/mol. The molecule has 1 aromatic carbocycles. The molecule has 0 saturated heterocycles. The van der Waals surface area contributed by atoms with Gasteiger partial charge in [-0.05, 0) is 18.6 Å². The van der Waals surface area contributed by atoms with Crippen molar-refractivity contribution in [3.63, 3.8) is 0 Å². The van der Waals surface area contributed by atoms with Crippen molar-refractivity contribution in [1.29, 1.82) is 0 Å². The number of halogens is 1. The van der Waals surface area contributed by atoms with Crippen LogP contribution in [0.15, 0.2) is 30.3 Å². The summed E-state index contributed by atoms with van der Waals surface area (Å²) in [7, 11) is 0. The highest BCUT2D eigenvalue weighted by Gasteiger charge is 2.13. The number of benzene rings is 1. The summed E-state index contributed by atoms with van der Waals surface area (Å²) in [5, 5.41) is 8.34. The van der Waals surface area contributed by atoms with E-state index in [4.69, 9.17) is 9.84 Å². The number of rotatable bonds is 6. The van der Waals surface area contributed by atoms with Gasteiger partial charge in [0.1, 0.15) is 12.8 Å². The second kappa shape index (κ2) is 6.62. The van der Waals surface area contributed by atoms with E-state index in [1.165, 1.54) is 0 Å². The number of carboxylic acid groups (broad SMARTS) is 1. The number of carbonyl (C=O) groups is 2. The Labute approximate surface area is 98.0 Å². The molecule has 0 aromatic heterocycles. The smallest absolute Gasteiger partial charge is 0.338 e.